The minimum atomic E-state index is -0.415. The molecule has 11 nitrogen and oxygen atoms in total. The van der Waals surface area contributed by atoms with Gasteiger partial charge in [0.2, 0.25) is 5.95 Å². The Morgan fingerprint density at radius 3 is 2.65 bits per heavy atom. The number of nitrogens with zero attached hydrogens (tertiary/aromatic N) is 5. The Hall–Kier alpha value is -4.29. The van der Waals surface area contributed by atoms with Gasteiger partial charge >= 0.3 is 5.97 Å². The van der Waals surface area contributed by atoms with E-state index in [9.17, 15) is 9.59 Å². The first kappa shape index (κ1) is 27.3. The van der Waals surface area contributed by atoms with Gasteiger partial charge in [-0.3, -0.25) is 4.79 Å². The molecule has 3 N–H and O–H groups in total. The van der Waals surface area contributed by atoms with Gasteiger partial charge in [0, 0.05) is 43.7 Å². The van der Waals surface area contributed by atoms with Crippen LogP contribution in [-0.4, -0.2) is 71.6 Å². The van der Waals surface area contributed by atoms with Crippen LogP contribution in [0.15, 0.2) is 42.5 Å². The summed E-state index contributed by atoms with van der Waals surface area (Å²) in [4.78, 5) is 43.2. The first-order chi connectivity index (χ1) is 19.3. The highest BCUT2D eigenvalue weighted by molar-refractivity contribution is 7.15. The quantitative estimate of drug-likeness (QED) is 0.307. The van der Waals surface area contributed by atoms with Crippen molar-refractivity contribution in [3.8, 4) is 10.9 Å². The highest BCUT2D eigenvalue weighted by atomic mass is 32.1. The van der Waals surface area contributed by atoms with Crippen LogP contribution in [0.3, 0.4) is 0 Å². The van der Waals surface area contributed by atoms with Gasteiger partial charge in [-0.05, 0) is 56.8 Å². The third kappa shape index (κ3) is 6.13. The number of thiazole rings is 1. The number of carbonyl (C=O) groups is 2. The summed E-state index contributed by atoms with van der Waals surface area (Å²) in [6, 6.07) is 12.7. The Balaban J connectivity index is 1.26. The van der Waals surface area contributed by atoms with E-state index in [1.54, 1.807) is 32.0 Å². The number of anilines is 2. The molecule has 3 heterocycles. The highest BCUT2D eigenvalue weighted by Crippen LogP contribution is 2.30. The zero-order valence-corrected chi connectivity index (χ0v) is 23.5. The Kier molecular flexibility index (Phi) is 8.08. The van der Waals surface area contributed by atoms with Crippen LogP contribution < -0.4 is 20.7 Å². The number of hydrogen-bond donors (Lipinski definition) is 2. The summed E-state index contributed by atoms with van der Waals surface area (Å²) in [5.41, 5.74) is 8.53. The van der Waals surface area contributed by atoms with Gasteiger partial charge in [-0.1, -0.05) is 23.5 Å². The molecule has 1 aliphatic rings. The van der Waals surface area contributed by atoms with E-state index in [2.05, 4.69) is 37.1 Å². The summed E-state index contributed by atoms with van der Waals surface area (Å²) in [6.07, 6.45) is 0. The predicted octanol–water partition coefficient (Wildman–Crippen LogP) is 3.63. The van der Waals surface area contributed by atoms with Crippen LogP contribution in [0.1, 0.15) is 38.2 Å². The lowest BCUT2D eigenvalue weighted by Gasteiger charge is -2.33. The smallest absolute Gasteiger partial charge is 0.350 e. The zero-order chi connectivity index (χ0) is 28.2. The lowest BCUT2D eigenvalue weighted by molar-refractivity contribution is 0.0531. The molecule has 2 aromatic carbocycles. The highest BCUT2D eigenvalue weighted by Gasteiger charge is 2.20. The number of esters is 1. The van der Waals surface area contributed by atoms with Gasteiger partial charge in [-0.15, -0.1) is 0 Å². The minimum absolute atomic E-state index is 0.181. The number of piperazine rings is 1. The molecule has 2 aromatic heterocycles. The summed E-state index contributed by atoms with van der Waals surface area (Å²) in [6.45, 7) is 7.65. The molecule has 0 saturated carbocycles. The maximum absolute atomic E-state index is 13.0. The summed E-state index contributed by atoms with van der Waals surface area (Å²) >= 11 is 1.13. The lowest BCUT2D eigenvalue weighted by Crippen LogP contribution is -2.45. The van der Waals surface area contributed by atoms with Crippen molar-refractivity contribution in [1.29, 1.82) is 0 Å². The van der Waals surface area contributed by atoms with E-state index in [0.29, 0.717) is 39.2 Å². The molecular formula is C28H31N7O4S. The molecule has 0 spiro atoms. The lowest BCUT2D eigenvalue weighted by atomic mass is 10.1. The fourth-order valence-electron chi connectivity index (χ4n) is 4.44. The Labute approximate surface area is 235 Å². The largest absolute Gasteiger partial charge is 0.462 e. The Morgan fingerprint density at radius 2 is 1.88 bits per heavy atom. The van der Waals surface area contributed by atoms with Gasteiger partial charge in [0.25, 0.3) is 11.1 Å². The van der Waals surface area contributed by atoms with E-state index in [1.807, 2.05) is 24.3 Å². The second-order valence-electron chi connectivity index (χ2n) is 9.47. The number of nitrogen functional groups attached to an aromatic ring is 1. The first-order valence-electron chi connectivity index (χ1n) is 13.0. The molecule has 40 heavy (non-hydrogen) atoms. The average Bonchev–Trinajstić information content (AvgIpc) is 3.31. The standard InChI is InChI=1S/C28H31N7O4S/c1-4-38-26(37)23-17(2)31-28(40-23)39-20-7-5-6-18(14-20)16-30-25(36)19-8-9-21-22(15-19)32-27(29)33-24(21)35-12-10-34(3)11-13-35/h5-9,14-15H,4,10-13,16H2,1-3H3,(H,30,36)(H2,29,32,33). The number of likely N-dealkylation sites (N-methyl/N-ethyl adjacent to an activating group) is 1. The second kappa shape index (κ2) is 11.8. The van der Waals surface area contributed by atoms with E-state index < -0.39 is 5.97 Å². The number of benzene rings is 2. The van der Waals surface area contributed by atoms with Gasteiger partial charge in [0.05, 0.1) is 17.8 Å². The first-order valence-corrected chi connectivity index (χ1v) is 13.8. The Morgan fingerprint density at radius 1 is 1.07 bits per heavy atom. The van der Waals surface area contributed by atoms with E-state index in [4.69, 9.17) is 15.2 Å². The van der Waals surface area contributed by atoms with Gasteiger partial charge < -0.3 is 30.3 Å². The molecule has 1 saturated heterocycles. The van der Waals surface area contributed by atoms with E-state index in [0.717, 1.165) is 54.3 Å². The molecule has 1 aliphatic heterocycles. The van der Waals surface area contributed by atoms with Crippen molar-refractivity contribution in [1.82, 2.24) is 25.2 Å². The zero-order valence-electron chi connectivity index (χ0n) is 22.6. The summed E-state index contributed by atoms with van der Waals surface area (Å²) < 4.78 is 10.9. The normalized spacial score (nSPS) is 13.8. The number of fused-ring (bicyclic) bond motifs is 1. The monoisotopic (exact) mass is 561 g/mol. The molecule has 1 fully saturated rings. The van der Waals surface area contributed by atoms with Crippen LogP contribution in [0.25, 0.3) is 10.9 Å². The summed E-state index contributed by atoms with van der Waals surface area (Å²) in [5.74, 6) is 0.874. The number of aryl methyl sites for hydroxylation is 1. The van der Waals surface area contributed by atoms with Crippen molar-refractivity contribution in [3.63, 3.8) is 0 Å². The number of carbonyl (C=O) groups excluding carboxylic acids is 2. The predicted molar refractivity (Wildman–Crippen MR) is 154 cm³/mol. The summed E-state index contributed by atoms with van der Waals surface area (Å²) in [5, 5.41) is 4.16. The topological polar surface area (TPSA) is 136 Å². The van der Waals surface area contributed by atoms with Crippen LogP contribution in [0, 0.1) is 6.92 Å². The number of nitrogens with one attached hydrogen (secondary N) is 1. The van der Waals surface area contributed by atoms with Crippen molar-refractivity contribution in [3.05, 3.63) is 64.2 Å². The van der Waals surface area contributed by atoms with Crippen LogP contribution >= 0.6 is 11.3 Å². The van der Waals surface area contributed by atoms with Crippen molar-refractivity contribution in [2.24, 2.45) is 0 Å². The molecule has 4 aromatic rings. The van der Waals surface area contributed by atoms with Gasteiger partial charge in [-0.2, -0.15) is 4.98 Å². The minimum Gasteiger partial charge on any atom is -0.462 e. The van der Waals surface area contributed by atoms with Gasteiger partial charge in [0.15, 0.2) is 0 Å². The molecule has 208 valence electrons. The maximum atomic E-state index is 13.0. The van der Waals surface area contributed by atoms with Gasteiger partial charge in [0.1, 0.15) is 16.4 Å². The van der Waals surface area contributed by atoms with Crippen molar-refractivity contribution < 1.29 is 19.1 Å². The second-order valence-corrected chi connectivity index (χ2v) is 10.4. The number of hydrogen-bond acceptors (Lipinski definition) is 11. The fourth-order valence-corrected chi connectivity index (χ4v) is 5.27. The van der Waals surface area contributed by atoms with Crippen LogP contribution in [0.4, 0.5) is 11.8 Å². The molecule has 12 heteroatoms. The van der Waals surface area contributed by atoms with E-state index in [1.165, 1.54) is 0 Å². The molecule has 1 amide bonds. The number of ether oxygens (including phenoxy) is 2. The Bertz CT molecular complexity index is 1550. The fraction of sp³-hybridized carbons (Fsp3) is 0.321. The number of amides is 1. The van der Waals surface area contributed by atoms with Crippen LogP contribution in [-0.2, 0) is 11.3 Å². The molecule has 0 radical (unpaired) electrons. The maximum Gasteiger partial charge on any atom is 0.350 e. The molecule has 0 aliphatic carbocycles. The summed E-state index contributed by atoms with van der Waals surface area (Å²) in [7, 11) is 2.10. The SMILES string of the molecule is CCOC(=O)c1sc(Oc2cccc(CNC(=O)c3ccc4c(N5CCN(C)CC5)nc(N)nc4c3)c2)nc1C. The van der Waals surface area contributed by atoms with E-state index >= 15 is 0 Å². The van der Waals surface area contributed by atoms with Crippen LogP contribution in [0.2, 0.25) is 0 Å². The number of rotatable bonds is 8. The van der Waals surface area contributed by atoms with Crippen molar-refractivity contribution in [2.75, 3.05) is 50.5 Å². The number of aromatic nitrogens is 3. The molecule has 0 unspecified atom stereocenters. The molecule has 5 rings (SSSR count). The third-order valence-electron chi connectivity index (χ3n) is 6.55. The van der Waals surface area contributed by atoms with Crippen molar-refractivity contribution >= 4 is 45.9 Å². The van der Waals surface area contributed by atoms with Crippen molar-refractivity contribution in [2.45, 2.75) is 20.4 Å². The molecule has 0 bridgehead atoms. The van der Waals surface area contributed by atoms with Crippen LogP contribution in [0.5, 0.6) is 10.9 Å². The molecule has 0 atom stereocenters. The average molecular weight is 562 g/mol. The molecular weight excluding hydrogens is 530 g/mol. The van der Waals surface area contributed by atoms with E-state index in [-0.39, 0.29) is 18.4 Å². The van der Waals surface area contributed by atoms with Gasteiger partial charge in [-0.25, -0.2) is 14.8 Å². The number of nitrogens with two attached hydrogens (primary N) is 1. The third-order valence-corrected chi connectivity index (χ3v) is 7.57.